The van der Waals surface area contributed by atoms with Crippen molar-refractivity contribution >= 4 is 0 Å². The van der Waals surface area contributed by atoms with Gasteiger partial charge >= 0.3 is 0 Å². The molecule has 350 valence electrons. The second kappa shape index (κ2) is 17.9. The van der Waals surface area contributed by atoms with E-state index in [1.54, 1.807) is 0 Å². The summed E-state index contributed by atoms with van der Waals surface area (Å²) in [4.78, 5) is 0. The predicted octanol–water partition coefficient (Wildman–Crippen LogP) is -0.804. The average molecular weight is 873 g/mol. The Hall–Kier alpha value is -1.10. The number of rotatable bonds is 11. The fraction of sp³-hybridized carbons (Fsp3) is 0.955. The van der Waals surface area contributed by atoms with Gasteiger partial charge in [-0.2, -0.15) is 0 Å². The molecule has 8 rings (SSSR count). The lowest BCUT2D eigenvalue weighted by Gasteiger charge is -2.61. The van der Waals surface area contributed by atoms with Crippen LogP contribution in [0.25, 0.3) is 0 Å². The summed E-state index contributed by atoms with van der Waals surface area (Å²) in [5, 5.41) is 114. The smallest absolute Gasteiger partial charge is 0.187 e. The van der Waals surface area contributed by atoms with Crippen LogP contribution in [0.3, 0.4) is 0 Å². The van der Waals surface area contributed by atoms with E-state index < -0.39 is 112 Å². The number of fused-ring (bicyclic) bond motifs is 7. The van der Waals surface area contributed by atoms with Gasteiger partial charge in [-0.3, -0.25) is 0 Å². The highest BCUT2D eigenvalue weighted by Gasteiger charge is 2.65. The van der Waals surface area contributed by atoms with Crippen molar-refractivity contribution in [2.24, 2.45) is 46.3 Å². The molecule has 4 aliphatic carbocycles. The Bertz CT molecular complexity index is 1550. The highest BCUT2D eigenvalue weighted by Crippen LogP contribution is 2.70. The average Bonchev–Trinajstić information content (AvgIpc) is 3.73. The van der Waals surface area contributed by atoms with Crippen molar-refractivity contribution in [3.8, 4) is 0 Å². The van der Waals surface area contributed by atoms with Crippen molar-refractivity contribution in [3.05, 3.63) is 11.3 Å². The van der Waals surface area contributed by atoms with E-state index >= 15 is 0 Å². The highest BCUT2D eigenvalue weighted by atomic mass is 16.8. The Labute approximate surface area is 357 Å². The third kappa shape index (κ3) is 7.95. The molecule has 11 N–H and O–H groups in total. The third-order valence-electron chi connectivity index (χ3n) is 17.4. The summed E-state index contributed by atoms with van der Waals surface area (Å²) in [6, 6.07) is 0. The van der Waals surface area contributed by atoms with Gasteiger partial charge in [0.05, 0.1) is 37.8 Å². The maximum Gasteiger partial charge on any atom is 0.187 e. The van der Waals surface area contributed by atoms with E-state index in [4.69, 9.17) is 28.4 Å². The summed E-state index contributed by atoms with van der Waals surface area (Å²) in [6.45, 7) is 7.39. The SMILES string of the molecule is CC1=C(CCC(C)C2OC(CO)C(O)C(O)C2O)OC2CC3C4CCC5CC(OC6OC(CO)C(O)C(O)C6OC6OC(CO)C(O)C(O)C6O)CCC5(C)C4CCC3(C)C12. The second-order valence-electron chi connectivity index (χ2n) is 20.5. The van der Waals surface area contributed by atoms with Crippen molar-refractivity contribution < 1.29 is 84.6 Å². The molecule has 0 aromatic heterocycles. The summed E-state index contributed by atoms with van der Waals surface area (Å²) in [7, 11) is 0. The second-order valence-corrected chi connectivity index (χ2v) is 20.5. The normalized spacial score (nSPS) is 54.0. The quantitative estimate of drug-likeness (QED) is 0.113. The van der Waals surface area contributed by atoms with E-state index in [1.807, 2.05) is 6.92 Å². The van der Waals surface area contributed by atoms with E-state index in [2.05, 4.69) is 20.8 Å². The van der Waals surface area contributed by atoms with Gasteiger partial charge in [-0.25, -0.2) is 0 Å². The van der Waals surface area contributed by atoms with Crippen LogP contribution < -0.4 is 0 Å². The first kappa shape index (κ1) is 46.4. The van der Waals surface area contributed by atoms with E-state index in [-0.39, 0.29) is 29.0 Å². The first-order chi connectivity index (χ1) is 29.0. The van der Waals surface area contributed by atoms with Gasteiger partial charge in [0.25, 0.3) is 0 Å². The van der Waals surface area contributed by atoms with Crippen LogP contribution in [0.2, 0.25) is 0 Å². The molecule has 4 heterocycles. The zero-order chi connectivity index (χ0) is 43.9. The Morgan fingerprint density at radius 3 is 1.92 bits per heavy atom. The van der Waals surface area contributed by atoms with E-state index in [9.17, 15) is 56.2 Å². The van der Waals surface area contributed by atoms with Gasteiger partial charge in [-0.1, -0.05) is 20.8 Å². The van der Waals surface area contributed by atoms with Crippen molar-refractivity contribution in [1.82, 2.24) is 0 Å². The van der Waals surface area contributed by atoms with Crippen LogP contribution in [0.1, 0.15) is 91.9 Å². The largest absolute Gasteiger partial charge is 0.494 e. The predicted molar refractivity (Wildman–Crippen MR) is 212 cm³/mol. The van der Waals surface area contributed by atoms with Crippen LogP contribution >= 0.6 is 0 Å². The van der Waals surface area contributed by atoms with E-state index in [0.29, 0.717) is 48.9 Å². The minimum absolute atomic E-state index is 0.0856. The molecule has 4 aliphatic heterocycles. The molecule has 8 aliphatic rings. The Kier molecular flexibility index (Phi) is 13.7. The van der Waals surface area contributed by atoms with Crippen molar-refractivity contribution in [2.75, 3.05) is 19.8 Å². The van der Waals surface area contributed by atoms with Gasteiger partial charge < -0.3 is 84.6 Å². The van der Waals surface area contributed by atoms with Crippen LogP contribution in [0.4, 0.5) is 0 Å². The number of ether oxygens (including phenoxy) is 6. The van der Waals surface area contributed by atoms with Crippen molar-refractivity contribution in [2.45, 2.75) is 196 Å². The maximum absolute atomic E-state index is 11.2. The highest BCUT2D eigenvalue weighted by molar-refractivity contribution is 5.27. The lowest BCUT2D eigenvalue weighted by Crippen LogP contribution is -2.65. The zero-order valence-electron chi connectivity index (χ0n) is 35.8. The molecule has 0 spiro atoms. The summed E-state index contributed by atoms with van der Waals surface area (Å²) >= 11 is 0. The molecule has 17 nitrogen and oxygen atoms in total. The number of allylic oxidation sites excluding steroid dienone is 1. The minimum Gasteiger partial charge on any atom is -0.494 e. The molecule has 3 saturated heterocycles. The van der Waals surface area contributed by atoms with E-state index in [0.717, 1.165) is 50.7 Å². The first-order valence-corrected chi connectivity index (χ1v) is 22.9. The minimum atomic E-state index is -1.74. The number of hydrogen-bond donors (Lipinski definition) is 11. The molecule has 61 heavy (non-hydrogen) atoms. The molecule has 0 aromatic rings. The van der Waals surface area contributed by atoms with Gasteiger partial charge in [0.15, 0.2) is 12.6 Å². The van der Waals surface area contributed by atoms with Gasteiger partial charge in [0, 0.05) is 12.3 Å². The van der Waals surface area contributed by atoms with Crippen LogP contribution in [0, 0.1) is 46.3 Å². The Morgan fingerprint density at radius 1 is 0.639 bits per heavy atom. The summed E-state index contributed by atoms with van der Waals surface area (Å²) in [6.07, 6.45) is -11.6. The molecule has 17 heteroatoms. The summed E-state index contributed by atoms with van der Waals surface area (Å²) in [5.74, 6) is 3.19. The topological polar surface area (TPSA) is 278 Å². The molecule has 25 atom stereocenters. The number of aliphatic hydroxyl groups excluding tert-OH is 11. The standard InChI is InChI=1S/C44H72O17/c1-18(39-37(54)34(51)31(48)27(15-45)58-39)5-8-25-19(2)30-26(57-25)14-24-22-7-6-20-13-21(9-11-43(20,3)23(22)10-12-44(24,30)4)56-42-40(36(53)33(50)29(17-47)60-42)61-41-38(55)35(52)32(49)28(16-46)59-41/h18,20-24,26-42,45-55H,5-17H2,1-4H3. The van der Waals surface area contributed by atoms with Crippen LogP contribution in [-0.2, 0) is 28.4 Å². The molecule has 0 bridgehead atoms. The van der Waals surface area contributed by atoms with Crippen LogP contribution in [-0.4, -0.2) is 180 Å². The van der Waals surface area contributed by atoms with E-state index in [1.165, 1.54) is 5.57 Å². The third-order valence-corrected chi connectivity index (χ3v) is 17.4. The zero-order valence-corrected chi connectivity index (χ0v) is 35.8. The fourth-order valence-electron chi connectivity index (χ4n) is 13.9. The lowest BCUT2D eigenvalue weighted by molar-refractivity contribution is -0.373. The van der Waals surface area contributed by atoms with Crippen LogP contribution in [0.5, 0.6) is 0 Å². The summed E-state index contributed by atoms with van der Waals surface area (Å²) in [5.41, 5.74) is 1.50. The van der Waals surface area contributed by atoms with Gasteiger partial charge in [-0.15, -0.1) is 0 Å². The molecule has 25 unspecified atom stereocenters. The molecule has 4 saturated carbocycles. The molecule has 0 radical (unpaired) electrons. The molecular weight excluding hydrogens is 800 g/mol. The monoisotopic (exact) mass is 872 g/mol. The number of aliphatic hydroxyl groups is 11. The Balaban J connectivity index is 0.902. The van der Waals surface area contributed by atoms with Crippen molar-refractivity contribution in [3.63, 3.8) is 0 Å². The lowest BCUT2D eigenvalue weighted by atomic mass is 9.44. The Morgan fingerprint density at radius 2 is 1.25 bits per heavy atom. The first-order valence-electron chi connectivity index (χ1n) is 22.9. The van der Waals surface area contributed by atoms with Gasteiger partial charge in [-0.05, 0) is 111 Å². The molecule has 7 fully saturated rings. The molecule has 0 amide bonds. The van der Waals surface area contributed by atoms with Gasteiger partial charge in [0.1, 0.15) is 79.4 Å². The van der Waals surface area contributed by atoms with Crippen LogP contribution in [0.15, 0.2) is 11.3 Å². The number of hydrogen-bond acceptors (Lipinski definition) is 17. The summed E-state index contributed by atoms with van der Waals surface area (Å²) < 4.78 is 36.7. The maximum atomic E-state index is 11.2. The molecule has 0 aromatic carbocycles. The molecular formula is C44H72O17. The fourth-order valence-corrected chi connectivity index (χ4v) is 13.9. The van der Waals surface area contributed by atoms with Gasteiger partial charge in [0.2, 0.25) is 0 Å². The van der Waals surface area contributed by atoms with Crippen molar-refractivity contribution in [1.29, 1.82) is 0 Å².